The fraction of sp³-hybridized carbons (Fsp3) is 0.625. The van der Waals surface area contributed by atoms with Crippen molar-refractivity contribution in [3.05, 3.63) is 23.4 Å². The van der Waals surface area contributed by atoms with Gasteiger partial charge in [-0.05, 0) is 44.9 Å². The lowest BCUT2D eigenvalue weighted by Crippen LogP contribution is -2.44. The van der Waals surface area contributed by atoms with Crippen LogP contribution in [0.1, 0.15) is 30.5 Å². The molecule has 0 unspecified atom stereocenters. The predicted octanol–water partition coefficient (Wildman–Crippen LogP) is 1.54. The summed E-state index contributed by atoms with van der Waals surface area (Å²) < 4.78 is 0. The maximum atomic E-state index is 9.08. The van der Waals surface area contributed by atoms with Crippen LogP contribution in [0.25, 0.3) is 0 Å². The molecule has 0 radical (unpaired) electrons. The van der Waals surface area contributed by atoms with Gasteiger partial charge in [0.25, 0.3) is 0 Å². The second kappa shape index (κ2) is 7.39. The minimum atomic E-state index is 0.257. The molecule has 0 amide bonds. The van der Waals surface area contributed by atoms with E-state index in [-0.39, 0.29) is 6.61 Å². The first-order chi connectivity index (χ1) is 10.2. The van der Waals surface area contributed by atoms with E-state index >= 15 is 0 Å². The van der Waals surface area contributed by atoms with Gasteiger partial charge in [0.05, 0.1) is 0 Å². The first-order valence-corrected chi connectivity index (χ1v) is 7.59. The quantitative estimate of drug-likeness (QED) is 0.890. The van der Waals surface area contributed by atoms with Crippen LogP contribution in [0.4, 0.5) is 5.82 Å². The average molecular weight is 288 g/mol. The molecule has 1 aliphatic heterocycles. The largest absolute Gasteiger partial charge is 0.396 e. The zero-order valence-electron chi connectivity index (χ0n) is 12.9. The minimum absolute atomic E-state index is 0.257. The normalized spacial score (nSPS) is 16.2. The standard InChI is InChI=1S/C16H24N4O/c1-13-4-5-16(18-15(13)12-17)20-9-6-14(7-10-20)19(2)8-3-11-21/h4-5,14,21H,3,6-11H2,1-2H3. The molecular weight excluding hydrogens is 264 g/mol. The van der Waals surface area contributed by atoms with Crippen molar-refractivity contribution in [1.82, 2.24) is 9.88 Å². The van der Waals surface area contributed by atoms with Crippen LogP contribution in [0.5, 0.6) is 0 Å². The Balaban J connectivity index is 1.93. The van der Waals surface area contributed by atoms with E-state index in [9.17, 15) is 0 Å². The Morgan fingerprint density at radius 3 is 2.76 bits per heavy atom. The van der Waals surface area contributed by atoms with Gasteiger partial charge in [0, 0.05) is 32.3 Å². The highest BCUT2D eigenvalue weighted by Gasteiger charge is 2.23. The molecule has 5 heteroatoms. The molecule has 0 aromatic carbocycles. The number of piperidine rings is 1. The van der Waals surface area contributed by atoms with E-state index in [0.717, 1.165) is 50.3 Å². The third-order valence-electron chi connectivity index (χ3n) is 4.27. The van der Waals surface area contributed by atoms with Crippen LogP contribution in [-0.2, 0) is 0 Å². The Morgan fingerprint density at radius 1 is 1.43 bits per heavy atom. The van der Waals surface area contributed by atoms with Crippen LogP contribution < -0.4 is 4.90 Å². The molecule has 1 aromatic rings. The molecule has 5 nitrogen and oxygen atoms in total. The van der Waals surface area contributed by atoms with E-state index in [1.807, 2.05) is 19.1 Å². The summed E-state index contributed by atoms with van der Waals surface area (Å²) in [6.45, 7) is 5.05. The minimum Gasteiger partial charge on any atom is -0.396 e. The molecular formula is C16H24N4O. The van der Waals surface area contributed by atoms with Gasteiger partial charge in [-0.25, -0.2) is 4.98 Å². The van der Waals surface area contributed by atoms with E-state index in [4.69, 9.17) is 10.4 Å². The third-order valence-corrected chi connectivity index (χ3v) is 4.27. The van der Waals surface area contributed by atoms with Gasteiger partial charge in [-0.1, -0.05) is 6.07 Å². The maximum absolute atomic E-state index is 9.08. The number of aliphatic hydroxyl groups is 1. The van der Waals surface area contributed by atoms with Crippen molar-refractivity contribution in [1.29, 1.82) is 5.26 Å². The molecule has 2 rings (SSSR count). The molecule has 1 fully saturated rings. The lowest BCUT2D eigenvalue weighted by atomic mass is 10.0. The number of aliphatic hydroxyl groups excluding tert-OH is 1. The molecule has 1 aromatic heterocycles. The van der Waals surface area contributed by atoms with E-state index in [1.54, 1.807) is 0 Å². The highest BCUT2D eigenvalue weighted by molar-refractivity contribution is 5.45. The Labute approximate surface area is 126 Å². The fourth-order valence-electron chi connectivity index (χ4n) is 2.85. The van der Waals surface area contributed by atoms with Crippen molar-refractivity contribution in [3.8, 4) is 6.07 Å². The number of rotatable bonds is 5. The first kappa shape index (κ1) is 15.7. The highest BCUT2D eigenvalue weighted by atomic mass is 16.3. The van der Waals surface area contributed by atoms with Gasteiger partial charge >= 0.3 is 0 Å². The van der Waals surface area contributed by atoms with Crippen LogP contribution in [-0.4, -0.2) is 54.3 Å². The van der Waals surface area contributed by atoms with Crippen molar-refractivity contribution in [2.24, 2.45) is 0 Å². The van der Waals surface area contributed by atoms with Crippen LogP contribution in [0, 0.1) is 18.3 Å². The number of anilines is 1. The Kier molecular flexibility index (Phi) is 5.54. The molecule has 114 valence electrons. The van der Waals surface area contributed by atoms with Crippen LogP contribution in [0.15, 0.2) is 12.1 Å². The van der Waals surface area contributed by atoms with E-state index in [2.05, 4.69) is 27.9 Å². The molecule has 21 heavy (non-hydrogen) atoms. The van der Waals surface area contributed by atoms with Crippen molar-refractivity contribution in [2.45, 2.75) is 32.2 Å². The van der Waals surface area contributed by atoms with E-state index < -0.39 is 0 Å². The second-order valence-corrected chi connectivity index (χ2v) is 5.72. The smallest absolute Gasteiger partial charge is 0.145 e. The summed E-state index contributed by atoms with van der Waals surface area (Å²) in [5.41, 5.74) is 1.45. The second-order valence-electron chi connectivity index (χ2n) is 5.72. The maximum Gasteiger partial charge on any atom is 0.145 e. The number of aromatic nitrogens is 1. The van der Waals surface area contributed by atoms with Gasteiger partial charge in [-0.3, -0.25) is 0 Å². The molecule has 0 atom stereocenters. The van der Waals surface area contributed by atoms with Crippen molar-refractivity contribution >= 4 is 5.82 Å². The lowest BCUT2D eigenvalue weighted by molar-refractivity contribution is 0.184. The highest BCUT2D eigenvalue weighted by Crippen LogP contribution is 2.21. The Bertz CT molecular complexity index is 503. The van der Waals surface area contributed by atoms with E-state index in [0.29, 0.717) is 11.7 Å². The van der Waals surface area contributed by atoms with Crippen LogP contribution >= 0.6 is 0 Å². The van der Waals surface area contributed by atoms with Crippen LogP contribution in [0.3, 0.4) is 0 Å². The summed E-state index contributed by atoms with van der Waals surface area (Å²) >= 11 is 0. The molecule has 0 saturated carbocycles. The van der Waals surface area contributed by atoms with Crippen LogP contribution in [0.2, 0.25) is 0 Å². The van der Waals surface area contributed by atoms with Gasteiger partial charge in [-0.2, -0.15) is 5.26 Å². The monoisotopic (exact) mass is 288 g/mol. The van der Waals surface area contributed by atoms with Crippen molar-refractivity contribution in [3.63, 3.8) is 0 Å². The molecule has 0 aliphatic carbocycles. The summed E-state index contributed by atoms with van der Waals surface area (Å²) in [4.78, 5) is 9.06. The zero-order valence-corrected chi connectivity index (χ0v) is 12.9. The number of hydrogen-bond donors (Lipinski definition) is 1. The third kappa shape index (κ3) is 3.93. The SMILES string of the molecule is Cc1ccc(N2CCC(N(C)CCCO)CC2)nc1C#N. The number of nitriles is 1. The van der Waals surface area contributed by atoms with E-state index in [1.165, 1.54) is 0 Å². The Hall–Kier alpha value is -1.64. The van der Waals surface area contributed by atoms with Gasteiger partial charge in [0.2, 0.25) is 0 Å². The number of aryl methyl sites for hydroxylation is 1. The summed E-state index contributed by atoms with van der Waals surface area (Å²) in [7, 11) is 2.13. The summed E-state index contributed by atoms with van der Waals surface area (Å²) in [5.74, 6) is 0.911. The number of hydrogen-bond acceptors (Lipinski definition) is 5. The summed E-state index contributed by atoms with van der Waals surface area (Å²) in [6, 6.07) is 6.71. The zero-order chi connectivity index (χ0) is 15.2. The fourth-order valence-corrected chi connectivity index (χ4v) is 2.85. The molecule has 1 aliphatic rings. The number of pyridine rings is 1. The summed E-state index contributed by atoms with van der Waals surface area (Å²) in [6.07, 6.45) is 3.03. The van der Waals surface area contributed by atoms with Gasteiger partial charge < -0.3 is 14.9 Å². The van der Waals surface area contributed by atoms with Gasteiger partial charge in [0.1, 0.15) is 17.6 Å². The molecule has 1 saturated heterocycles. The lowest BCUT2D eigenvalue weighted by Gasteiger charge is -2.37. The topological polar surface area (TPSA) is 63.4 Å². The molecule has 2 heterocycles. The molecule has 0 bridgehead atoms. The van der Waals surface area contributed by atoms with Gasteiger partial charge in [-0.15, -0.1) is 0 Å². The summed E-state index contributed by atoms with van der Waals surface area (Å²) in [5, 5.41) is 18.0. The van der Waals surface area contributed by atoms with Crippen molar-refractivity contribution < 1.29 is 5.11 Å². The van der Waals surface area contributed by atoms with Gasteiger partial charge in [0.15, 0.2) is 0 Å². The average Bonchev–Trinajstić information content (AvgIpc) is 2.53. The molecule has 0 spiro atoms. The number of nitrogens with zero attached hydrogens (tertiary/aromatic N) is 4. The van der Waals surface area contributed by atoms with Crippen molar-refractivity contribution in [2.75, 3.05) is 38.2 Å². The first-order valence-electron chi connectivity index (χ1n) is 7.59. The predicted molar refractivity (Wildman–Crippen MR) is 83.3 cm³/mol. The molecule has 1 N–H and O–H groups in total. The Morgan fingerprint density at radius 2 is 2.14 bits per heavy atom.